The first-order valence-electron chi connectivity index (χ1n) is 3.98. The number of rotatable bonds is 3. The van der Waals surface area contributed by atoms with E-state index in [1.54, 1.807) is 18.4 Å². The minimum atomic E-state index is 0.595. The van der Waals surface area contributed by atoms with Gasteiger partial charge in [0.1, 0.15) is 0 Å². The Morgan fingerprint density at radius 2 is 2.25 bits per heavy atom. The third-order valence-corrected chi connectivity index (χ3v) is 1.97. The van der Waals surface area contributed by atoms with E-state index < -0.39 is 0 Å². The van der Waals surface area contributed by atoms with Crippen LogP contribution >= 0.6 is 11.3 Å². The Labute approximate surface area is 77.8 Å². The summed E-state index contributed by atoms with van der Waals surface area (Å²) in [5.41, 5.74) is 0.983. The van der Waals surface area contributed by atoms with Crippen LogP contribution in [-0.4, -0.2) is 19.1 Å². The maximum absolute atomic E-state index is 4.90. The van der Waals surface area contributed by atoms with Crippen LogP contribution in [0, 0.1) is 0 Å². The molecule has 3 nitrogen and oxygen atoms in total. The van der Waals surface area contributed by atoms with Gasteiger partial charge in [-0.1, -0.05) is 13.8 Å². The van der Waals surface area contributed by atoms with Gasteiger partial charge in [-0.15, -0.1) is 11.3 Å². The molecule has 0 aromatic carbocycles. The van der Waals surface area contributed by atoms with Crippen LogP contribution in [0.2, 0.25) is 0 Å². The fraction of sp³-hybridized carbons (Fsp3) is 0.625. The molecule has 1 aromatic heterocycles. The van der Waals surface area contributed by atoms with Crippen molar-refractivity contribution in [2.45, 2.75) is 20.5 Å². The monoisotopic (exact) mass is 188 g/mol. The highest BCUT2D eigenvalue weighted by Crippen LogP contribution is 2.14. The number of hydrogen-bond acceptors (Lipinski definition) is 4. The Bertz CT molecular complexity index is 201. The molecule has 0 radical (unpaired) electrons. The van der Waals surface area contributed by atoms with E-state index in [2.05, 4.69) is 10.3 Å². The molecule has 0 saturated carbocycles. The summed E-state index contributed by atoms with van der Waals surface area (Å²) in [7, 11) is 3.52. The zero-order valence-electron chi connectivity index (χ0n) is 8.05. The number of methoxy groups -OCH3 is 1. The van der Waals surface area contributed by atoms with Gasteiger partial charge in [0.05, 0.1) is 12.3 Å². The van der Waals surface area contributed by atoms with Crippen LogP contribution in [0.3, 0.4) is 0 Å². The Balaban J connectivity index is 0.000000561. The molecular formula is C8H16N2OS. The van der Waals surface area contributed by atoms with Crippen LogP contribution in [0.5, 0.6) is 0 Å². The van der Waals surface area contributed by atoms with E-state index >= 15 is 0 Å². The number of nitrogens with one attached hydrogen (secondary N) is 1. The highest BCUT2D eigenvalue weighted by molar-refractivity contribution is 7.13. The van der Waals surface area contributed by atoms with Crippen molar-refractivity contribution < 1.29 is 4.74 Å². The van der Waals surface area contributed by atoms with E-state index in [1.807, 2.05) is 26.3 Å². The lowest BCUT2D eigenvalue weighted by atomic mass is 10.5. The van der Waals surface area contributed by atoms with Crippen molar-refractivity contribution in [3.63, 3.8) is 0 Å². The zero-order chi connectivity index (χ0) is 9.40. The fourth-order valence-corrected chi connectivity index (χ4v) is 1.29. The second kappa shape index (κ2) is 7.06. The Morgan fingerprint density at radius 1 is 1.58 bits per heavy atom. The molecule has 0 fully saturated rings. The van der Waals surface area contributed by atoms with Gasteiger partial charge in [-0.2, -0.15) is 0 Å². The van der Waals surface area contributed by atoms with Gasteiger partial charge in [-0.05, 0) is 0 Å². The molecule has 0 spiro atoms. The molecule has 0 bridgehead atoms. The molecule has 0 aliphatic carbocycles. The summed E-state index contributed by atoms with van der Waals surface area (Å²) in [5.74, 6) is 0. The molecule has 1 aromatic rings. The lowest BCUT2D eigenvalue weighted by Gasteiger charge is -1.90. The second-order valence-corrected chi connectivity index (χ2v) is 2.69. The van der Waals surface area contributed by atoms with Crippen LogP contribution in [0.15, 0.2) is 5.38 Å². The maximum Gasteiger partial charge on any atom is 0.182 e. The van der Waals surface area contributed by atoms with Crippen LogP contribution in [-0.2, 0) is 11.3 Å². The van der Waals surface area contributed by atoms with Crippen molar-refractivity contribution in [1.82, 2.24) is 4.98 Å². The Morgan fingerprint density at radius 3 is 2.67 bits per heavy atom. The smallest absolute Gasteiger partial charge is 0.182 e. The lowest BCUT2D eigenvalue weighted by Crippen LogP contribution is -1.89. The van der Waals surface area contributed by atoms with Crippen LogP contribution in [0.4, 0.5) is 5.13 Å². The maximum atomic E-state index is 4.90. The van der Waals surface area contributed by atoms with Gasteiger partial charge >= 0.3 is 0 Å². The third kappa shape index (κ3) is 3.69. The minimum absolute atomic E-state index is 0.595. The standard InChI is InChI=1S/C6H10N2OS.C2H6/c1-7-6-8-5(3-9-2)4-10-6;1-2/h4H,3H2,1-2H3,(H,7,8);1-2H3. The Hall–Kier alpha value is -0.610. The number of nitrogens with zero attached hydrogens (tertiary/aromatic N) is 1. The molecule has 0 amide bonds. The Kier molecular flexibility index (Phi) is 6.70. The zero-order valence-corrected chi connectivity index (χ0v) is 8.86. The van der Waals surface area contributed by atoms with Gasteiger partial charge in [0.25, 0.3) is 0 Å². The average Bonchev–Trinajstić information content (AvgIpc) is 2.57. The van der Waals surface area contributed by atoms with E-state index in [-0.39, 0.29) is 0 Å². The molecule has 1 N–H and O–H groups in total. The number of ether oxygens (including phenoxy) is 1. The number of thiazole rings is 1. The summed E-state index contributed by atoms with van der Waals surface area (Å²) in [4.78, 5) is 4.20. The van der Waals surface area contributed by atoms with Gasteiger partial charge in [0.2, 0.25) is 0 Å². The second-order valence-electron chi connectivity index (χ2n) is 1.83. The van der Waals surface area contributed by atoms with Crippen LogP contribution in [0.25, 0.3) is 0 Å². The summed E-state index contributed by atoms with van der Waals surface area (Å²) in [6.45, 7) is 4.60. The average molecular weight is 188 g/mol. The number of anilines is 1. The summed E-state index contributed by atoms with van der Waals surface area (Å²) in [6.07, 6.45) is 0. The first-order valence-corrected chi connectivity index (χ1v) is 4.86. The largest absolute Gasteiger partial charge is 0.378 e. The van der Waals surface area contributed by atoms with Crippen molar-refractivity contribution >= 4 is 16.5 Å². The molecule has 0 saturated heterocycles. The first kappa shape index (κ1) is 11.4. The lowest BCUT2D eigenvalue weighted by molar-refractivity contribution is 0.182. The van der Waals surface area contributed by atoms with Gasteiger partial charge < -0.3 is 10.1 Å². The molecule has 1 heterocycles. The van der Waals surface area contributed by atoms with Crippen molar-refractivity contribution in [2.24, 2.45) is 0 Å². The summed E-state index contributed by atoms with van der Waals surface area (Å²) in [6, 6.07) is 0. The molecule has 0 atom stereocenters. The van der Waals surface area contributed by atoms with Crippen molar-refractivity contribution in [3.05, 3.63) is 11.1 Å². The van der Waals surface area contributed by atoms with Crippen LogP contribution in [0.1, 0.15) is 19.5 Å². The number of aromatic nitrogens is 1. The molecule has 70 valence electrons. The van der Waals surface area contributed by atoms with E-state index in [0.29, 0.717) is 6.61 Å². The van der Waals surface area contributed by atoms with Crippen molar-refractivity contribution in [1.29, 1.82) is 0 Å². The summed E-state index contributed by atoms with van der Waals surface area (Å²) in [5, 5.41) is 5.88. The highest BCUT2D eigenvalue weighted by atomic mass is 32.1. The molecule has 12 heavy (non-hydrogen) atoms. The fourth-order valence-electron chi connectivity index (χ4n) is 0.636. The molecule has 0 aliphatic heterocycles. The third-order valence-electron chi connectivity index (χ3n) is 1.06. The van der Waals surface area contributed by atoms with Gasteiger partial charge in [-0.25, -0.2) is 4.98 Å². The van der Waals surface area contributed by atoms with E-state index in [9.17, 15) is 0 Å². The topological polar surface area (TPSA) is 34.2 Å². The normalized spacial score (nSPS) is 8.67. The molecular weight excluding hydrogens is 172 g/mol. The van der Waals surface area contributed by atoms with E-state index in [1.165, 1.54) is 0 Å². The SMILES string of the molecule is CC.CNc1nc(COC)cs1. The minimum Gasteiger partial charge on any atom is -0.378 e. The van der Waals surface area contributed by atoms with Crippen molar-refractivity contribution in [2.75, 3.05) is 19.5 Å². The number of hydrogen-bond donors (Lipinski definition) is 1. The van der Waals surface area contributed by atoms with E-state index in [0.717, 1.165) is 10.8 Å². The van der Waals surface area contributed by atoms with Gasteiger partial charge in [0, 0.05) is 19.5 Å². The highest BCUT2D eigenvalue weighted by Gasteiger charge is 1.97. The molecule has 4 heteroatoms. The molecule has 0 aliphatic rings. The van der Waals surface area contributed by atoms with Crippen molar-refractivity contribution in [3.8, 4) is 0 Å². The first-order chi connectivity index (χ1) is 5.86. The van der Waals surface area contributed by atoms with E-state index in [4.69, 9.17) is 4.74 Å². The molecule has 0 unspecified atom stereocenters. The summed E-state index contributed by atoms with van der Waals surface area (Å²) < 4.78 is 4.90. The van der Waals surface area contributed by atoms with Crippen LogP contribution < -0.4 is 5.32 Å². The quantitative estimate of drug-likeness (QED) is 0.790. The predicted molar refractivity (Wildman–Crippen MR) is 53.7 cm³/mol. The van der Waals surface area contributed by atoms with Gasteiger partial charge in [0.15, 0.2) is 5.13 Å². The summed E-state index contributed by atoms with van der Waals surface area (Å²) >= 11 is 1.59. The molecule has 1 rings (SSSR count). The predicted octanol–water partition coefficient (Wildman–Crippen LogP) is 2.36. The van der Waals surface area contributed by atoms with Gasteiger partial charge in [-0.3, -0.25) is 0 Å².